The van der Waals surface area contributed by atoms with Gasteiger partial charge >= 0.3 is 0 Å². The van der Waals surface area contributed by atoms with E-state index in [1.165, 1.54) is 0 Å². The number of fused-ring (bicyclic) bond motifs is 5. The van der Waals surface area contributed by atoms with Gasteiger partial charge in [-0.1, -0.05) is 24.3 Å². The lowest BCUT2D eigenvalue weighted by atomic mass is 9.98. The Labute approximate surface area is 193 Å². The van der Waals surface area contributed by atoms with E-state index in [4.69, 9.17) is 9.84 Å². The molecule has 1 amide bonds. The number of aryl methyl sites for hydroxylation is 2. The molecule has 0 spiro atoms. The Bertz CT molecular complexity index is 1120. The number of ether oxygens (including phenoxy) is 1. The first-order chi connectivity index (χ1) is 15.1. The number of carbonyl (C=O) groups excluding carboxylic acids is 1. The summed E-state index contributed by atoms with van der Waals surface area (Å²) in [5.41, 5.74) is 4.37. The quantitative estimate of drug-likeness (QED) is 0.619. The lowest BCUT2D eigenvalue weighted by Gasteiger charge is -2.25. The number of nitrogens with zero attached hydrogens (tertiary/aromatic N) is 3. The van der Waals surface area contributed by atoms with Crippen LogP contribution in [0.5, 0.6) is 5.75 Å². The highest BCUT2D eigenvalue weighted by atomic mass is 35.5. The van der Waals surface area contributed by atoms with Gasteiger partial charge in [-0.15, -0.1) is 12.4 Å². The van der Waals surface area contributed by atoms with Crippen molar-refractivity contribution in [3.63, 3.8) is 0 Å². The van der Waals surface area contributed by atoms with Gasteiger partial charge in [-0.2, -0.15) is 5.10 Å². The molecule has 3 heterocycles. The number of aliphatic hydroxyl groups is 1. The van der Waals surface area contributed by atoms with Gasteiger partial charge in [-0.3, -0.25) is 9.48 Å². The zero-order valence-corrected chi connectivity index (χ0v) is 19.0. The molecular formula is C24H29ClN4O3. The topological polar surface area (TPSA) is 79.6 Å². The van der Waals surface area contributed by atoms with Gasteiger partial charge in [0.25, 0.3) is 0 Å². The Hall–Kier alpha value is -2.61. The van der Waals surface area contributed by atoms with Crippen molar-refractivity contribution in [1.29, 1.82) is 0 Å². The number of aliphatic hydroxyl groups excluding tert-OH is 1. The normalized spacial score (nSPS) is 20.9. The molecule has 2 aromatic carbocycles. The minimum atomic E-state index is -0.273. The van der Waals surface area contributed by atoms with E-state index >= 15 is 0 Å². The van der Waals surface area contributed by atoms with Crippen LogP contribution in [0.3, 0.4) is 0 Å². The predicted octanol–water partition coefficient (Wildman–Crippen LogP) is 2.54. The number of hydrogen-bond acceptors (Lipinski definition) is 5. The van der Waals surface area contributed by atoms with E-state index in [1.54, 1.807) is 4.90 Å². The second-order valence-corrected chi connectivity index (χ2v) is 8.39. The van der Waals surface area contributed by atoms with Crippen LogP contribution in [-0.4, -0.2) is 64.1 Å². The fourth-order valence-electron chi connectivity index (χ4n) is 4.86. The highest BCUT2D eigenvalue weighted by molar-refractivity contribution is 5.97. The van der Waals surface area contributed by atoms with Gasteiger partial charge in [0.05, 0.1) is 18.2 Å². The van der Waals surface area contributed by atoms with Crippen molar-refractivity contribution in [1.82, 2.24) is 20.0 Å². The Morgan fingerprint density at radius 1 is 1.25 bits per heavy atom. The molecule has 32 heavy (non-hydrogen) atoms. The minimum absolute atomic E-state index is 0. The Morgan fingerprint density at radius 2 is 2.09 bits per heavy atom. The number of β-amino-alcohol motifs (C(OH)–C–C–N with tert-alkyl or cyclic N) is 1. The van der Waals surface area contributed by atoms with Crippen molar-refractivity contribution >= 4 is 29.2 Å². The third-order valence-corrected chi connectivity index (χ3v) is 6.34. The van der Waals surface area contributed by atoms with E-state index in [0.717, 1.165) is 46.3 Å². The molecule has 2 aliphatic heterocycles. The Morgan fingerprint density at radius 3 is 2.94 bits per heavy atom. The SMILES string of the molecule is Cl.Cn1nc2cccc3c2c1CCCN(CCO)C(=O)[C@@H]1C[C@@H](CN1)Oc1cccc-3c1. The van der Waals surface area contributed by atoms with Gasteiger partial charge < -0.3 is 20.1 Å². The van der Waals surface area contributed by atoms with Crippen LogP contribution < -0.4 is 10.1 Å². The molecule has 2 N–H and O–H groups in total. The maximum atomic E-state index is 13.1. The minimum Gasteiger partial charge on any atom is -0.489 e. The number of halogens is 1. The van der Waals surface area contributed by atoms with E-state index in [0.29, 0.717) is 26.1 Å². The number of hydrogen-bond donors (Lipinski definition) is 2. The van der Waals surface area contributed by atoms with Gasteiger partial charge in [0, 0.05) is 44.2 Å². The van der Waals surface area contributed by atoms with Crippen LogP contribution in [0.4, 0.5) is 0 Å². The van der Waals surface area contributed by atoms with Crippen LogP contribution in [-0.2, 0) is 18.3 Å². The standard InChI is InChI=1S/C24H28N4O3.ClH/c1-27-22-9-4-10-28(11-12-29)24(30)21-14-18(15-25-21)31-17-6-2-5-16(13-17)19-7-3-8-20(26-27)23(19)22;/h2-3,5-8,13,18,21,25,29H,4,9-12,14-15H2,1H3;1H/t18-,21-;/m0./s1. The van der Waals surface area contributed by atoms with Gasteiger partial charge in [-0.05, 0) is 42.2 Å². The zero-order valence-electron chi connectivity index (χ0n) is 18.2. The van der Waals surface area contributed by atoms with Gasteiger partial charge in [0.2, 0.25) is 5.91 Å². The molecule has 2 atom stereocenters. The Balaban J connectivity index is 0.00000245. The number of aromatic nitrogens is 2. The summed E-state index contributed by atoms with van der Waals surface area (Å²) in [5.74, 6) is 0.848. The van der Waals surface area contributed by atoms with E-state index in [1.807, 2.05) is 36.0 Å². The van der Waals surface area contributed by atoms with Crippen LogP contribution >= 0.6 is 12.4 Å². The third kappa shape index (κ3) is 4.20. The van der Waals surface area contributed by atoms with Crippen LogP contribution in [0.2, 0.25) is 0 Å². The monoisotopic (exact) mass is 456 g/mol. The summed E-state index contributed by atoms with van der Waals surface area (Å²) < 4.78 is 8.20. The first-order valence-electron chi connectivity index (χ1n) is 11.0. The summed E-state index contributed by atoms with van der Waals surface area (Å²) in [6.07, 6.45) is 2.18. The molecule has 3 aromatic rings. The Kier molecular flexibility index (Phi) is 6.69. The molecule has 5 rings (SSSR count). The maximum absolute atomic E-state index is 13.1. The number of amides is 1. The number of rotatable bonds is 2. The molecule has 4 bridgehead atoms. The average Bonchev–Trinajstić information content (AvgIpc) is 3.36. The highest BCUT2D eigenvalue weighted by Gasteiger charge is 2.33. The van der Waals surface area contributed by atoms with E-state index < -0.39 is 0 Å². The average molecular weight is 457 g/mol. The van der Waals surface area contributed by atoms with Crippen molar-refractivity contribution in [2.24, 2.45) is 7.05 Å². The smallest absolute Gasteiger partial charge is 0.239 e. The number of carbonyl (C=O) groups is 1. The van der Waals surface area contributed by atoms with Crippen molar-refractivity contribution in [3.8, 4) is 16.9 Å². The molecule has 0 radical (unpaired) electrons. The van der Waals surface area contributed by atoms with Crippen LogP contribution in [0, 0.1) is 0 Å². The summed E-state index contributed by atoms with van der Waals surface area (Å²) in [6.45, 7) is 1.55. The molecule has 8 heteroatoms. The summed E-state index contributed by atoms with van der Waals surface area (Å²) in [7, 11) is 1.98. The van der Waals surface area contributed by atoms with E-state index in [2.05, 4.69) is 23.5 Å². The first kappa shape index (κ1) is 22.6. The van der Waals surface area contributed by atoms with Gasteiger partial charge in [0.1, 0.15) is 11.9 Å². The zero-order chi connectivity index (χ0) is 21.4. The molecule has 0 unspecified atom stereocenters. The molecule has 1 saturated heterocycles. The molecule has 0 saturated carbocycles. The largest absolute Gasteiger partial charge is 0.489 e. The van der Waals surface area contributed by atoms with Crippen LogP contribution in [0.15, 0.2) is 42.5 Å². The molecule has 2 aliphatic rings. The maximum Gasteiger partial charge on any atom is 0.239 e. The summed E-state index contributed by atoms with van der Waals surface area (Å²) in [4.78, 5) is 14.9. The van der Waals surface area contributed by atoms with Crippen LogP contribution in [0.1, 0.15) is 18.5 Å². The molecule has 170 valence electrons. The predicted molar refractivity (Wildman–Crippen MR) is 126 cm³/mol. The molecule has 1 fully saturated rings. The van der Waals surface area contributed by atoms with Gasteiger partial charge in [0.15, 0.2) is 0 Å². The lowest BCUT2D eigenvalue weighted by Crippen LogP contribution is -2.45. The van der Waals surface area contributed by atoms with Crippen molar-refractivity contribution in [2.45, 2.75) is 31.4 Å². The summed E-state index contributed by atoms with van der Waals surface area (Å²) >= 11 is 0. The fraction of sp³-hybridized carbons (Fsp3) is 0.417. The molecule has 1 aromatic heterocycles. The number of nitrogens with one attached hydrogen (secondary N) is 1. The summed E-state index contributed by atoms with van der Waals surface area (Å²) in [6, 6.07) is 14.1. The van der Waals surface area contributed by atoms with E-state index in [9.17, 15) is 9.90 Å². The van der Waals surface area contributed by atoms with Crippen molar-refractivity contribution in [2.75, 3.05) is 26.2 Å². The van der Waals surface area contributed by atoms with E-state index in [-0.39, 0.29) is 37.1 Å². The third-order valence-electron chi connectivity index (χ3n) is 6.34. The highest BCUT2D eigenvalue weighted by Crippen LogP contribution is 2.34. The number of benzene rings is 2. The first-order valence-corrected chi connectivity index (χ1v) is 11.0. The lowest BCUT2D eigenvalue weighted by molar-refractivity contribution is -0.133. The molecule has 0 aliphatic carbocycles. The van der Waals surface area contributed by atoms with Crippen molar-refractivity contribution in [3.05, 3.63) is 48.2 Å². The van der Waals surface area contributed by atoms with Crippen molar-refractivity contribution < 1.29 is 14.6 Å². The van der Waals surface area contributed by atoms with Gasteiger partial charge in [-0.25, -0.2) is 0 Å². The molecular weight excluding hydrogens is 428 g/mol. The second-order valence-electron chi connectivity index (χ2n) is 8.39. The second kappa shape index (κ2) is 9.48. The summed E-state index contributed by atoms with van der Waals surface area (Å²) in [5, 5.41) is 18.7. The molecule has 7 nitrogen and oxygen atoms in total. The van der Waals surface area contributed by atoms with Crippen LogP contribution in [0.25, 0.3) is 22.0 Å². The fourth-order valence-corrected chi connectivity index (χ4v) is 4.86.